The molecule has 0 unspecified atom stereocenters. The zero-order valence-corrected chi connectivity index (χ0v) is 48.2. The minimum absolute atomic E-state index is 0.626. The number of benzene rings is 9. The third-order valence-corrected chi connectivity index (χ3v) is 16.0. The maximum absolute atomic E-state index is 5.03. The molecule has 0 spiro atoms. The Kier molecular flexibility index (Phi) is 14.9. The molecule has 7 heteroatoms. The molecule has 414 valence electrons. The van der Waals surface area contributed by atoms with E-state index in [4.69, 9.17) is 29.9 Å². The van der Waals surface area contributed by atoms with E-state index in [1.165, 1.54) is 5.39 Å². The molecule has 0 fully saturated rings. The van der Waals surface area contributed by atoms with E-state index in [1.54, 1.807) is 0 Å². The smallest absolute Gasteiger partial charge is 0.164 e. The van der Waals surface area contributed by atoms with E-state index in [2.05, 4.69) is 218 Å². The summed E-state index contributed by atoms with van der Waals surface area (Å²) in [5.74, 6) is 3.91. The van der Waals surface area contributed by atoms with Crippen LogP contribution in [0.4, 0.5) is 0 Å². The van der Waals surface area contributed by atoms with Gasteiger partial charge in [0.25, 0.3) is 0 Å². The van der Waals surface area contributed by atoms with Crippen LogP contribution in [0.3, 0.4) is 0 Å². The number of hydrogen-bond acceptors (Lipinski definition) is 6. The lowest BCUT2D eigenvalue weighted by atomic mass is 9.95. The molecule has 12 aromatic rings. The second-order valence-corrected chi connectivity index (χ2v) is 21.9. The Morgan fingerprint density at radius 3 is 1.44 bits per heavy atom. The highest BCUT2D eigenvalue weighted by atomic mass is 15.0. The van der Waals surface area contributed by atoms with Crippen molar-refractivity contribution in [3.8, 4) is 95.7 Å². The van der Waals surface area contributed by atoms with Crippen LogP contribution in [0.5, 0.6) is 0 Å². The molecule has 0 amide bonds. The largest absolute Gasteiger partial charge is 0.317 e. The molecular weight excluding hydrogens is 1060 g/mol. The molecule has 0 saturated heterocycles. The van der Waals surface area contributed by atoms with Crippen LogP contribution in [0.25, 0.3) is 123 Å². The summed E-state index contributed by atoms with van der Waals surface area (Å²) in [6, 6.07) is 83.0. The Morgan fingerprint density at radius 2 is 0.862 bits per heavy atom. The second kappa shape index (κ2) is 24.1. The summed E-state index contributed by atoms with van der Waals surface area (Å²) in [6.45, 7) is 6.74. The van der Waals surface area contributed by atoms with Gasteiger partial charge in [-0.25, -0.2) is 29.9 Å². The van der Waals surface area contributed by atoms with Crippen molar-refractivity contribution >= 4 is 27.6 Å². The van der Waals surface area contributed by atoms with Crippen molar-refractivity contribution < 1.29 is 0 Å². The predicted molar refractivity (Wildman–Crippen MR) is 359 cm³/mol. The van der Waals surface area contributed by atoms with Crippen LogP contribution in [-0.2, 0) is 0 Å². The van der Waals surface area contributed by atoms with Crippen LogP contribution in [0.2, 0.25) is 0 Å². The van der Waals surface area contributed by atoms with Crippen LogP contribution in [0, 0.1) is 0 Å². The van der Waals surface area contributed by atoms with Crippen LogP contribution in [-0.4, -0.2) is 34.5 Å². The molecule has 2 aliphatic carbocycles. The van der Waals surface area contributed by atoms with Crippen LogP contribution in [0.1, 0.15) is 43.4 Å². The molecule has 0 N–H and O–H groups in total. The van der Waals surface area contributed by atoms with Gasteiger partial charge in [0.15, 0.2) is 34.9 Å². The first-order valence-electron chi connectivity index (χ1n) is 29.6. The molecule has 3 aromatic heterocycles. The fourth-order valence-electron chi connectivity index (χ4n) is 11.4. The molecule has 0 radical (unpaired) electrons. The zero-order chi connectivity index (χ0) is 58.5. The van der Waals surface area contributed by atoms with Crippen molar-refractivity contribution in [3.05, 3.63) is 326 Å². The molecule has 87 heavy (non-hydrogen) atoms. The Bertz CT molecular complexity index is 4730. The maximum atomic E-state index is 5.03. The predicted octanol–water partition coefficient (Wildman–Crippen LogP) is 20.0. The lowest BCUT2D eigenvalue weighted by Gasteiger charge is -2.12. The SMILES string of the molecule is C=C(/C=C(\C)c1cccc(-c2cccc(-n3ccc4cc(-c5cccc(-c6cccc(-c7cccc(-c8nc(C9=CCCC=C9)nc(-c9ccccc9)n8)c7)c6)c5)ccc43)c2)c1)C1=CC(c2nc(-c3ccccc3)nc(-c3ccccc3)n2)=CCC=C1. The van der Waals surface area contributed by atoms with E-state index in [0.29, 0.717) is 34.9 Å². The first kappa shape index (κ1) is 53.7. The Morgan fingerprint density at radius 1 is 0.391 bits per heavy atom. The van der Waals surface area contributed by atoms with Gasteiger partial charge in [-0.15, -0.1) is 0 Å². The van der Waals surface area contributed by atoms with E-state index in [1.807, 2.05) is 91.0 Å². The Hall–Kier alpha value is -11.3. The van der Waals surface area contributed by atoms with Gasteiger partial charge in [-0.2, -0.15) is 0 Å². The number of allylic oxidation sites excluding steroid dienone is 13. The summed E-state index contributed by atoms with van der Waals surface area (Å²) in [4.78, 5) is 29.9. The van der Waals surface area contributed by atoms with E-state index < -0.39 is 0 Å². The fraction of sp³-hybridized carbons (Fsp3) is 0.0500. The Labute approximate surface area is 507 Å². The number of hydrogen-bond donors (Lipinski definition) is 0. The Balaban J connectivity index is 0.689. The van der Waals surface area contributed by atoms with Gasteiger partial charge in [0.05, 0.1) is 5.52 Å². The average Bonchev–Trinajstić information content (AvgIpc) is 2.91. The van der Waals surface area contributed by atoms with Gasteiger partial charge in [-0.3, -0.25) is 0 Å². The van der Waals surface area contributed by atoms with Gasteiger partial charge < -0.3 is 4.57 Å². The molecule has 3 heterocycles. The highest BCUT2D eigenvalue weighted by Crippen LogP contribution is 2.36. The number of rotatable bonds is 14. The van der Waals surface area contributed by atoms with Crippen LogP contribution < -0.4 is 0 Å². The average molecular weight is 1120 g/mol. The third-order valence-electron chi connectivity index (χ3n) is 16.0. The van der Waals surface area contributed by atoms with Crippen molar-refractivity contribution in [2.24, 2.45) is 0 Å². The van der Waals surface area contributed by atoms with Crippen LogP contribution in [0.15, 0.2) is 309 Å². The van der Waals surface area contributed by atoms with Gasteiger partial charge in [0.1, 0.15) is 0 Å². The third kappa shape index (κ3) is 11.7. The molecule has 0 atom stereocenters. The first-order chi connectivity index (χ1) is 42.9. The topological polar surface area (TPSA) is 82.3 Å². The maximum Gasteiger partial charge on any atom is 0.164 e. The highest BCUT2D eigenvalue weighted by molar-refractivity contribution is 5.89. The molecule has 0 aliphatic heterocycles. The van der Waals surface area contributed by atoms with E-state index >= 15 is 0 Å². The van der Waals surface area contributed by atoms with E-state index in [0.717, 1.165) is 131 Å². The molecular formula is C80H59N7. The number of nitrogens with zero attached hydrogens (tertiary/aromatic N) is 7. The molecule has 7 nitrogen and oxygen atoms in total. The fourth-order valence-corrected chi connectivity index (χ4v) is 11.4. The summed E-state index contributed by atoms with van der Waals surface area (Å²) in [6.07, 6.45) is 22.2. The van der Waals surface area contributed by atoms with Crippen LogP contribution >= 0.6 is 0 Å². The highest BCUT2D eigenvalue weighted by Gasteiger charge is 2.18. The van der Waals surface area contributed by atoms with Crippen molar-refractivity contribution in [2.75, 3.05) is 0 Å². The monoisotopic (exact) mass is 1120 g/mol. The number of aromatic nitrogens is 7. The van der Waals surface area contributed by atoms with Crippen molar-refractivity contribution in [1.82, 2.24) is 34.5 Å². The lowest BCUT2D eigenvalue weighted by molar-refractivity contribution is 1.01. The lowest BCUT2D eigenvalue weighted by Crippen LogP contribution is -2.03. The van der Waals surface area contributed by atoms with Crippen molar-refractivity contribution in [1.29, 1.82) is 0 Å². The van der Waals surface area contributed by atoms with Gasteiger partial charge in [0, 0.05) is 50.7 Å². The number of fused-ring (bicyclic) bond motifs is 1. The molecule has 0 saturated carbocycles. The van der Waals surface area contributed by atoms with Crippen molar-refractivity contribution in [3.63, 3.8) is 0 Å². The minimum Gasteiger partial charge on any atom is -0.317 e. The molecule has 0 bridgehead atoms. The van der Waals surface area contributed by atoms with Gasteiger partial charge in [-0.05, 0) is 154 Å². The van der Waals surface area contributed by atoms with E-state index in [-0.39, 0.29) is 0 Å². The minimum atomic E-state index is 0.626. The first-order valence-corrected chi connectivity index (χ1v) is 29.6. The van der Waals surface area contributed by atoms with Gasteiger partial charge in [-0.1, -0.05) is 231 Å². The summed E-state index contributed by atoms with van der Waals surface area (Å²) >= 11 is 0. The van der Waals surface area contributed by atoms with Gasteiger partial charge >= 0.3 is 0 Å². The van der Waals surface area contributed by atoms with E-state index in [9.17, 15) is 0 Å². The summed E-state index contributed by atoms with van der Waals surface area (Å²) in [5.41, 5.74) is 21.2. The zero-order valence-electron chi connectivity index (χ0n) is 48.2. The summed E-state index contributed by atoms with van der Waals surface area (Å²) in [7, 11) is 0. The quantitative estimate of drug-likeness (QED) is 0.101. The molecule has 2 aliphatic rings. The molecule has 9 aromatic carbocycles. The van der Waals surface area contributed by atoms with Crippen molar-refractivity contribution in [2.45, 2.75) is 26.2 Å². The van der Waals surface area contributed by atoms with Gasteiger partial charge in [0.2, 0.25) is 0 Å². The summed E-state index contributed by atoms with van der Waals surface area (Å²) in [5, 5.41) is 1.17. The normalized spacial score (nSPS) is 13.2. The summed E-state index contributed by atoms with van der Waals surface area (Å²) < 4.78 is 2.28. The standard InChI is InChI=1S/C80H59N7/c1-54(60-30-15-16-31-71(48-60)79-83-75(56-22-7-3-8-23-56)81-76(84-79)57-24-9-4-10-25-57)46-55(2)61-32-17-33-62(47-61)68-39-21-41-73(53-68)87-45-44-70-51-69(42-43-74(70)87)66-37-19-35-64(50-66)63-34-18-36-65(49-63)67-38-20-40-72(52-67)80-85-77(58-26-11-5-12-27-58)82-78(86-80)59-28-13-6-14-29-59/h3-5,7-13,15,17-53H,1,6,14,16H2,2H3/b55-46+. The second-order valence-electron chi connectivity index (χ2n) is 21.9. The molecule has 14 rings (SSSR count).